The highest BCUT2D eigenvalue weighted by Crippen LogP contribution is 2.28. The topological polar surface area (TPSA) is 104 Å². The van der Waals surface area contributed by atoms with E-state index in [-0.39, 0.29) is 18.2 Å². The third-order valence-corrected chi connectivity index (χ3v) is 5.82. The lowest BCUT2D eigenvalue weighted by Crippen LogP contribution is -2.42. The lowest BCUT2D eigenvalue weighted by atomic mass is 10.3. The summed E-state index contributed by atoms with van der Waals surface area (Å²) in [6.45, 7) is 0. The fraction of sp³-hybridized carbons (Fsp3) is 0.0588. The summed E-state index contributed by atoms with van der Waals surface area (Å²) < 4.78 is 1.94. The first-order valence-electron chi connectivity index (χ1n) is 8.05. The Labute approximate surface area is 159 Å². The molecule has 5 aromatic rings. The van der Waals surface area contributed by atoms with Gasteiger partial charge in [-0.2, -0.15) is 0 Å². The SMILES string of the molecule is O=C(Cc1nc2ccccc2[nH]1)NNC(=O)c1cc2c(nc3sccn32)s1. The molecule has 0 radical (unpaired) electrons. The Morgan fingerprint density at radius 1 is 1.19 bits per heavy atom. The van der Waals surface area contributed by atoms with Crippen LogP contribution in [0.1, 0.15) is 15.5 Å². The smallest absolute Gasteiger partial charge is 0.279 e. The fourth-order valence-electron chi connectivity index (χ4n) is 2.83. The highest BCUT2D eigenvalue weighted by Gasteiger charge is 2.16. The van der Waals surface area contributed by atoms with E-state index in [0.717, 1.165) is 26.3 Å². The minimum Gasteiger partial charge on any atom is -0.342 e. The Bertz CT molecular complexity index is 1280. The number of amides is 2. The van der Waals surface area contributed by atoms with Crippen molar-refractivity contribution in [3.8, 4) is 0 Å². The molecule has 0 unspecified atom stereocenters. The van der Waals surface area contributed by atoms with Gasteiger partial charge in [-0.3, -0.25) is 24.8 Å². The molecule has 4 aromatic heterocycles. The second-order valence-corrected chi connectivity index (χ2v) is 7.75. The van der Waals surface area contributed by atoms with Crippen molar-refractivity contribution in [1.82, 2.24) is 30.2 Å². The van der Waals surface area contributed by atoms with E-state index in [9.17, 15) is 9.59 Å². The molecular formula is C17H12N6O2S2. The van der Waals surface area contributed by atoms with Gasteiger partial charge in [0.15, 0.2) is 4.96 Å². The Kier molecular flexibility index (Phi) is 3.66. The van der Waals surface area contributed by atoms with Crippen molar-refractivity contribution < 1.29 is 9.59 Å². The van der Waals surface area contributed by atoms with Crippen molar-refractivity contribution in [2.45, 2.75) is 6.42 Å². The molecule has 0 aliphatic rings. The molecule has 1 aromatic carbocycles. The molecule has 134 valence electrons. The first kappa shape index (κ1) is 16.0. The molecule has 0 aliphatic heterocycles. The van der Waals surface area contributed by atoms with Gasteiger partial charge < -0.3 is 4.98 Å². The quantitative estimate of drug-likeness (QED) is 0.408. The number of hydrogen-bond donors (Lipinski definition) is 3. The van der Waals surface area contributed by atoms with E-state index in [1.165, 1.54) is 11.3 Å². The number of nitrogens with zero attached hydrogens (tertiary/aromatic N) is 3. The maximum Gasteiger partial charge on any atom is 0.279 e. The number of aromatic nitrogens is 4. The highest BCUT2D eigenvalue weighted by atomic mass is 32.1. The van der Waals surface area contributed by atoms with E-state index in [2.05, 4.69) is 25.8 Å². The summed E-state index contributed by atoms with van der Waals surface area (Å²) in [4.78, 5) is 38.5. The van der Waals surface area contributed by atoms with E-state index in [4.69, 9.17) is 0 Å². The van der Waals surface area contributed by atoms with E-state index in [1.54, 1.807) is 17.4 Å². The largest absolute Gasteiger partial charge is 0.342 e. The molecular weight excluding hydrogens is 384 g/mol. The molecule has 4 heterocycles. The molecule has 27 heavy (non-hydrogen) atoms. The van der Waals surface area contributed by atoms with Gasteiger partial charge in [-0.15, -0.1) is 22.7 Å². The molecule has 0 saturated heterocycles. The number of carbonyl (C=O) groups excluding carboxylic acids is 2. The molecule has 2 amide bonds. The number of hydrogen-bond acceptors (Lipinski definition) is 6. The summed E-state index contributed by atoms with van der Waals surface area (Å²) in [6.07, 6.45) is 1.96. The molecule has 3 N–H and O–H groups in total. The average Bonchev–Trinajstić information content (AvgIpc) is 3.39. The van der Waals surface area contributed by atoms with Crippen molar-refractivity contribution in [3.05, 3.63) is 52.6 Å². The molecule has 0 fully saturated rings. The number of benzene rings is 1. The summed E-state index contributed by atoms with van der Waals surface area (Å²) in [6, 6.07) is 9.31. The number of para-hydroxylation sites is 2. The summed E-state index contributed by atoms with van der Waals surface area (Å²) in [5.41, 5.74) is 7.42. The maximum atomic E-state index is 12.3. The predicted molar refractivity (Wildman–Crippen MR) is 104 cm³/mol. The van der Waals surface area contributed by atoms with Gasteiger partial charge in [0.2, 0.25) is 5.91 Å². The van der Waals surface area contributed by atoms with Crippen LogP contribution in [0.4, 0.5) is 0 Å². The number of nitrogens with one attached hydrogen (secondary N) is 3. The normalized spacial score (nSPS) is 11.4. The van der Waals surface area contributed by atoms with Crippen LogP contribution in [-0.4, -0.2) is 31.2 Å². The van der Waals surface area contributed by atoms with Crippen LogP contribution in [0.25, 0.3) is 26.3 Å². The number of hydrazine groups is 1. The second-order valence-electron chi connectivity index (χ2n) is 5.85. The fourth-order valence-corrected chi connectivity index (χ4v) is 4.53. The van der Waals surface area contributed by atoms with E-state index < -0.39 is 0 Å². The van der Waals surface area contributed by atoms with Crippen molar-refractivity contribution in [2.24, 2.45) is 0 Å². The standard InChI is InChI=1S/C17H12N6O2S2/c24-14(8-13-18-9-3-1-2-4-10(9)19-13)21-22-15(25)12-7-11-16(27-12)20-17-23(11)5-6-26-17/h1-7H,8H2,(H,18,19)(H,21,24)(H,22,25). The number of aromatic amines is 1. The van der Waals surface area contributed by atoms with E-state index in [1.807, 2.05) is 40.2 Å². The molecule has 10 heteroatoms. The highest BCUT2D eigenvalue weighted by molar-refractivity contribution is 7.21. The molecule has 0 bridgehead atoms. The van der Waals surface area contributed by atoms with Crippen molar-refractivity contribution in [1.29, 1.82) is 0 Å². The summed E-state index contributed by atoms with van der Waals surface area (Å²) in [7, 11) is 0. The molecule has 0 spiro atoms. The minimum absolute atomic E-state index is 0.0410. The predicted octanol–water partition coefficient (Wildman–Crippen LogP) is 2.49. The summed E-state index contributed by atoms with van der Waals surface area (Å²) >= 11 is 2.83. The number of rotatable bonds is 3. The molecule has 5 rings (SSSR count). The Balaban J connectivity index is 1.25. The Morgan fingerprint density at radius 3 is 2.96 bits per heavy atom. The van der Waals surface area contributed by atoms with Crippen LogP contribution >= 0.6 is 22.7 Å². The molecule has 0 saturated carbocycles. The Hall–Kier alpha value is -3.24. The lowest BCUT2D eigenvalue weighted by Gasteiger charge is -2.04. The maximum absolute atomic E-state index is 12.3. The lowest BCUT2D eigenvalue weighted by molar-refractivity contribution is -0.121. The van der Waals surface area contributed by atoms with Gasteiger partial charge in [0.25, 0.3) is 5.91 Å². The number of H-pyrrole nitrogens is 1. The number of thiophene rings is 1. The van der Waals surface area contributed by atoms with Gasteiger partial charge in [-0.25, -0.2) is 9.97 Å². The zero-order valence-corrected chi connectivity index (χ0v) is 15.4. The van der Waals surface area contributed by atoms with Gasteiger partial charge in [0.1, 0.15) is 10.7 Å². The molecule has 0 atom stereocenters. The van der Waals surface area contributed by atoms with Gasteiger partial charge in [-0.1, -0.05) is 12.1 Å². The minimum atomic E-state index is -0.375. The zero-order valence-electron chi connectivity index (χ0n) is 13.7. The van der Waals surface area contributed by atoms with Gasteiger partial charge in [0.05, 0.1) is 27.8 Å². The first-order valence-corrected chi connectivity index (χ1v) is 9.75. The number of fused-ring (bicyclic) bond motifs is 4. The van der Waals surface area contributed by atoms with Crippen molar-refractivity contribution >= 4 is 60.8 Å². The van der Waals surface area contributed by atoms with Crippen LogP contribution < -0.4 is 10.9 Å². The summed E-state index contributed by atoms with van der Waals surface area (Å²) in [5.74, 6) is -0.191. The van der Waals surface area contributed by atoms with Crippen molar-refractivity contribution in [3.63, 3.8) is 0 Å². The third kappa shape index (κ3) is 2.84. The van der Waals surface area contributed by atoms with Crippen molar-refractivity contribution in [2.75, 3.05) is 0 Å². The number of carbonyl (C=O) groups is 2. The van der Waals surface area contributed by atoms with Crippen LogP contribution in [0.2, 0.25) is 0 Å². The average molecular weight is 396 g/mol. The van der Waals surface area contributed by atoms with E-state index >= 15 is 0 Å². The first-order chi connectivity index (χ1) is 13.2. The van der Waals surface area contributed by atoms with Gasteiger partial charge >= 0.3 is 0 Å². The third-order valence-electron chi connectivity index (χ3n) is 4.05. The van der Waals surface area contributed by atoms with Crippen LogP contribution in [0.15, 0.2) is 41.9 Å². The number of thiazole rings is 1. The van der Waals surface area contributed by atoms with E-state index in [0.29, 0.717) is 10.7 Å². The van der Waals surface area contributed by atoms with Crippen LogP contribution in [0, 0.1) is 0 Å². The van der Waals surface area contributed by atoms with Gasteiger partial charge in [0, 0.05) is 11.6 Å². The zero-order chi connectivity index (χ0) is 18.4. The molecule has 0 aliphatic carbocycles. The van der Waals surface area contributed by atoms with Crippen LogP contribution in [-0.2, 0) is 11.2 Å². The van der Waals surface area contributed by atoms with Crippen LogP contribution in [0.5, 0.6) is 0 Å². The Morgan fingerprint density at radius 2 is 2.07 bits per heavy atom. The number of imidazole rings is 2. The second kappa shape index (κ2) is 6.18. The monoisotopic (exact) mass is 396 g/mol. The summed E-state index contributed by atoms with van der Waals surface area (Å²) in [5, 5.41) is 1.94. The molecule has 8 nitrogen and oxygen atoms in total. The van der Waals surface area contributed by atoms with Gasteiger partial charge in [-0.05, 0) is 18.2 Å². The van der Waals surface area contributed by atoms with Crippen LogP contribution in [0.3, 0.4) is 0 Å².